The van der Waals surface area contributed by atoms with Crippen LogP contribution in [-0.2, 0) is 11.0 Å². The molecule has 0 spiro atoms. The van der Waals surface area contributed by atoms with Crippen LogP contribution in [0.25, 0.3) is 0 Å². The van der Waals surface area contributed by atoms with Crippen LogP contribution in [-0.4, -0.2) is 22.5 Å². The summed E-state index contributed by atoms with van der Waals surface area (Å²) in [5.41, 5.74) is 4.46. The zero-order valence-electron chi connectivity index (χ0n) is 19.6. The van der Waals surface area contributed by atoms with Gasteiger partial charge in [-0.15, -0.1) is 0 Å². The molecule has 3 aromatic rings. The van der Waals surface area contributed by atoms with E-state index < -0.39 is 34.7 Å². The lowest BCUT2D eigenvalue weighted by Crippen LogP contribution is -2.44. The molecule has 1 fully saturated rings. The van der Waals surface area contributed by atoms with Crippen molar-refractivity contribution in [3.05, 3.63) is 83.4 Å². The normalized spacial score (nSPS) is 15.0. The number of carbonyl (C=O) groups excluding carboxylic acids is 2. The summed E-state index contributed by atoms with van der Waals surface area (Å²) >= 11 is 5.53. The van der Waals surface area contributed by atoms with E-state index in [4.69, 9.17) is 23.2 Å². The first-order valence-corrected chi connectivity index (χ1v) is 11.3. The molecule has 1 aliphatic rings. The van der Waals surface area contributed by atoms with Crippen LogP contribution in [0.4, 0.5) is 35.9 Å². The molecule has 11 heteroatoms. The smallest absolute Gasteiger partial charge is 0.397 e. The van der Waals surface area contributed by atoms with Crippen molar-refractivity contribution in [2.75, 3.05) is 20.9 Å². The van der Waals surface area contributed by atoms with Crippen LogP contribution in [0.1, 0.15) is 35.3 Å². The third kappa shape index (κ3) is 4.59. The number of carbonyl (C=O) groups is 2. The summed E-state index contributed by atoms with van der Waals surface area (Å²) in [5.74, 6) is -0.945. The van der Waals surface area contributed by atoms with Crippen molar-refractivity contribution in [1.29, 1.82) is 5.26 Å². The Morgan fingerprint density at radius 1 is 1.05 bits per heavy atom. The fourth-order valence-corrected chi connectivity index (χ4v) is 4.55. The van der Waals surface area contributed by atoms with Crippen LogP contribution in [0, 0.1) is 11.3 Å². The maximum Gasteiger partial charge on any atom is 0.417 e. The monoisotopic (exact) mass is 523 g/mol. The molecular weight excluding hydrogens is 503 g/mol. The summed E-state index contributed by atoms with van der Waals surface area (Å²) in [7, 11) is 0. The fourth-order valence-electron chi connectivity index (χ4n) is 4.03. The van der Waals surface area contributed by atoms with Gasteiger partial charge in [-0.2, -0.15) is 18.4 Å². The van der Waals surface area contributed by atoms with E-state index >= 15 is 0 Å². The van der Waals surface area contributed by atoms with Gasteiger partial charge in [0, 0.05) is 11.3 Å². The van der Waals surface area contributed by atoms with Gasteiger partial charge in [0.05, 0.1) is 34.3 Å². The van der Waals surface area contributed by atoms with Crippen LogP contribution < -0.4 is 20.9 Å². The number of nitrogens with zero attached hydrogens (tertiary/aromatic N) is 3. The van der Waals surface area contributed by atoms with Crippen LogP contribution in [0.3, 0.4) is 0 Å². The van der Waals surface area contributed by atoms with Crippen molar-refractivity contribution >= 4 is 51.9 Å². The average molecular weight is 524 g/mol. The number of halogens is 3. The Kier molecular flexibility index (Phi) is 6.39. The molecule has 1 aliphatic heterocycles. The number of hydrogen-bond donors (Lipinski definition) is 2. The van der Waals surface area contributed by atoms with E-state index in [1.54, 1.807) is 62.4 Å². The van der Waals surface area contributed by atoms with Gasteiger partial charge in [0.1, 0.15) is 5.54 Å². The van der Waals surface area contributed by atoms with E-state index in [-0.39, 0.29) is 10.8 Å². The lowest BCUT2D eigenvalue weighted by Gasteiger charge is -2.29. The van der Waals surface area contributed by atoms with E-state index in [1.165, 1.54) is 17.0 Å². The highest BCUT2D eigenvalue weighted by Gasteiger charge is 2.50. The molecule has 4 rings (SSSR count). The molecule has 3 N–H and O–H groups in total. The number of alkyl halides is 3. The van der Waals surface area contributed by atoms with Crippen LogP contribution in [0.5, 0.6) is 0 Å². The Labute approximate surface area is 215 Å². The lowest BCUT2D eigenvalue weighted by molar-refractivity contribution is -0.137. The van der Waals surface area contributed by atoms with Gasteiger partial charge in [0.25, 0.3) is 11.8 Å². The summed E-state index contributed by atoms with van der Waals surface area (Å²) in [5, 5.41) is 11.8. The molecule has 188 valence electrons. The van der Waals surface area contributed by atoms with Crippen LogP contribution in [0.15, 0.2) is 66.7 Å². The SMILES string of the molecule is CC1(C)C(=O)N(c2ccc(C#N)c(C(F)(F)F)c2)C(=S)N1c1ccc(C(=O)Nc2ccccc2N)cc1. The second-order valence-electron chi connectivity index (χ2n) is 8.75. The predicted octanol–water partition coefficient (Wildman–Crippen LogP) is 5.33. The standard InChI is InChI=1S/C26H20F3N5O2S/c1-25(2)23(36)33(18-12-9-16(14-30)19(13-18)26(27,28)29)24(37)34(25)17-10-7-15(8-11-17)22(35)32-21-6-4-3-5-20(21)31/h3-13H,31H2,1-2H3,(H,32,35). The van der Waals surface area contributed by atoms with E-state index in [1.807, 2.05) is 0 Å². The topological polar surface area (TPSA) is 102 Å². The van der Waals surface area contributed by atoms with Crippen LogP contribution >= 0.6 is 12.2 Å². The van der Waals surface area contributed by atoms with Crippen molar-refractivity contribution < 1.29 is 22.8 Å². The first-order valence-electron chi connectivity index (χ1n) is 10.9. The number of nitrogens with two attached hydrogens (primary N) is 1. The molecule has 7 nitrogen and oxygen atoms in total. The van der Waals surface area contributed by atoms with E-state index in [0.717, 1.165) is 17.0 Å². The van der Waals surface area contributed by atoms with Gasteiger partial charge in [0.2, 0.25) is 0 Å². The number of nitrogens with one attached hydrogen (secondary N) is 1. The first kappa shape index (κ1) is 25.7. The number of para-hydroxylation sites is 2. The number of hydrogen-bond acceptors (Lipinski definition) is 5. The Hall–Kier alpha value is -4.43. The van der Waals surface area contributed by atoms with Crippen molar-refractivity contribution in [2.45, 2.75) is 25.6 Å². The number of nitrogen functional groups attached to an aromatic ring is 1. The Bertz CT molecular complexity index is 1460. The van der Waals surface area contributed by atoms with Crippen LogP contribution in [0.2, 0.25) is 0 Å². The van der Waals surface area contributed by atoms with Gasteiger partial charge in [0.15, 0.2) is 5.11 Å². The summed E-state index contributed by atoms with van der Waals surface area (Å²) in [4.78, 5) is 28.5. The first-order chi connectivity index (χ1) is 17.4. The molecule has 0 bridgehead atoms. The Morgan fingerprint density at radius 2 is 1.68 bits per heavy atom. The molecule has 2 amide bonds. The summed E-state index contributed by atoms with van der Waals surface area (Å²) in [6.07, 6.45) is -4.79. The molecule has 0 unspecified atom stereocenters. The number of thiocarbonyl (C=S) groups is 1. The molecule has 0 atom stereocenters. The van der Waals surface area contributed by atoms with E-state index in [0.29, 0.717) is 22.6 Å². The minimum absolute atomic E-state index is 0.0397. The highest BCUT2D eigenvalue weighted by molar-refractivity contribution is 7.81. The number of anilines is 4. The second kappa shape index (κ2) is 9.22. The van der Waals surface area contributed by atoms with E-state index in [2.05, 4.69) is 5.32 Å². The van der Waals surface area contributed by atoms with Gasteiger partial charge < -0.3 is 16.0 Å². The van der Waals surface area contributed by atoms with Gasteiger partial charge in [-0.1, -0.05) is 12.1 Å². The quantitative estimate of drug-likeness (QED) is 0.354. The molecule has 1 heterocycles. The molecule has 0 aliphatic carbocycles. The summed E-state index contributed by atoms with van der Waals surface area (Å²) < 4.78 is 40.5. The summed E-state index contributed by atoms with van der Waals surface area (Å²) in [6.45, 7) is 3.18. The average Bonchev–Trinajstić information content (AvgIpc) is 3.03. The number of nitriles is 1. The van der Waals surface area contributed by atoms with E-state index in [9.17, 15) is 22.8 Å². The Balaban J connectivity index is 1.64. The second-order valence-corrected chi connectivity index (χ2v) is 9.11. The number of benzene rings is 3. The molecule has 1 saturated heterocycles. The molecule has 37 heavy (non-hydrogen) atoms. The number of amides is 2. The van der Waals surface area contributed by atoms with Gasteiger partial charge >= 0.3 is 6.18 Å². The molecular formula is C26H20F3N5O2S. The zero-order chi connectivity index (χ0) is 27.1. The third-order valence-corrected chi connectivity index (χ3v) is 6.32. The largest absolute Gasteiger partial charge is 0.417 e. The Morgan fingerprint density at radius 3 is 2.27 bits per heavy atom. The minimum atomic E-state index is -4.79. The highest BCUT2D eigenvalue weighted by atomic mass is 32.1. The maximum absolute atomic E-state index is 13.5. The van der Waals surface area contributed by atoms with Crippen molar-refractivity contribution in [1.82, 2.24) is 0 Å². The van der Waals surface area contributed by atoms with Crippen molar-refractivity contribution in [3.8, 4) is 6.07 Å². The highest BCUT2D eigenvalue weighted by Crippen LogP contribution is 2.39. The third-order valence-electron chi connectivity index (χ3n) is 5.95. The van der Waals surface area contributed by atoms with Gasteiger partial charge in [-0.3, -0.25) is 14.5 Å². The van der Waals surface area contributed by atoms with Crippen molar-refractivity contribution in [2.24, 2.45) is 0 Å². The lowest BCUT2D eigenvalue weighted by atomic mass is 10.0. The minimum Gasteiger partial charge on any atom is -0.397 e. The molecule has 0 radical (unpaired) electrons. The fraction of sp³-hybridized carbons (Fsp3) is 0.154. The summed E-state index contributed by atoms with van der Waals surface area (Å²) in [6, 6.07) is 17.6. The van der Waals surface area contributed by atoms with Crippen molar-refractivity contribution in [3.63, 3.8) is 0 Å². The zero-order valence-corrected chi connectivity index (χ0v) is 20.4. The predicted molar refractivity (Wildman–Crippen MR) is 138 cm³/mol. The molecule has 0 saturated carbocycles. The maximum atomic E-state index is 13.5. The molecule has 0 aromatic heterocycles. The van der Waals surface area contributed by atoms with Gasteiger partial charge in [-0.25, -0.2) is 0 Å². The number of rotatable bonds is 4. The van der Waals surface area contributed by atoms with Gasteiger partial charge in [-0.05, 0) is 80.7 Å². The molecule has 3 aromatic carbocycles.